The molecule has 1 atom stereocenters. The van der Waals surface area contributed by atoms with E-state index in [0.717, 1.165) is 22.3 Å². The fourth-order valence-corrected chi connectivity index (χ4v) is 4.16. The normalized spacial score (nSPS) is 14.7. The van der Waals surface area contributed by atoms with E-state index in [9.17, 15) is 9.59 Å². The molecule has 0 spiro atoms. The van der Waals surface area contributed by atoms with Crippen LogP contribution in [0.2, 0.25) is 0 Å². The minimum Gasteiger partial charge on any atom is -0.481 e. The van der Waals surface area contributed by atoms with Gasteiger partial charge in [0, 0.05) is 31.7 Å². The summed E-state index contributed by atoms with van der Waals surface area (Å²) in [6.07, 6.45) is 3.20. The number of hydrogen-bond donors (Lipinski definition) is 0. The predicted molar refractivity (Wildman–Crippen MR) is 131 cm³/mol. The van der Waals surface area contributed by atoms with Gasteiger partial charge in [-0.25, -0.2) is 4.98 Å². The molecule has 3 heterocycles. The highest BCUT2D eigenvalue weighted by atomic mass is 16.5. The molecule has 0 saturated carbocycles. The smallest absolute Gasteiger partial charge is 0.289 e. The Labute approximate surface area is 203 Å². The molecular weight excluding hydrogens is 444 g/mol. The van der Waals surface area contributed by atoms with Crippen LogP contribution in [-0.4, -0.2) is 63.9 Å². The third-order valence-corrected chi connectivity index (χ3v) is 6.13. The standard InChI is InChI=1S/C27H26N4O4/c1-2-24(26(32)30-13-15-31(16-14-30)27(33)25-8-5-17-34-25)35-20-11-9-19(10-12-20)23-18-28-21-6-3-4-7-22(21)29-23/h3-12,17-18,24H,2,13-16H2,1H3/t24-/m0/s1. The second-order valence-corrected chi connectivity index (χ2v) is 8.38. The predicted octanol–water partition coefficient (Wildman–Crippen LogP) is 4.03. The van der Waals surface area contributed by atoms with Crippen molar-refractivity contribution >= 4 is 22.8 Å². The van der Waals surface area contributed by atoms with Crippen molar-refractivity contribution in [3.8, 4) is 17.0 Å². The van der Waals surface area contributed by atoms with Crippen LogP contribution in [0.3, 0.4) is 0 Å². The number of carbonyl (C=O) groups excluding carboxylic acids is 2. The number of nitrogens with zero attached hydrogens (tertiary/aromatic N) is 4. The van der Waals surface area contributed by atoms with E-state index in [1.165, 1.54) is 6.26 Å². The van der Waals surface area contributed by atoms with E-state index in [1.807, 2.05) is 55.5 Å². The molecule has 0 radical (unpaired) electrons. The summed E-state index contributed by atoms with van der Waals surface area (Å²) >= 11 is 0. The van der Waals surface area contributed by atoms with Crippen LogP contribution in [-0.2, 0) is 4.79 Å². The number of para-hydroxylation sites is 2. The van der Waals surface area contributed by atoms with Crippen LogP contribution in [0.25, 0.3) is 22.3 Å². The zero-order chi connectivity index (χ0) is 24.2. The fourth-order valence-electron chi connectivity index (χ4n) is 4.16. The van der Waals surface area contributed by atoms with Gasteiger partial charge in [-0.15, -0.1) is 0 Å². The molecule has 0 aliphatic carbocycles. The molecule has 0 N–H and O–H groups in total. The van der Waals surface area contributed by atoms with Gasteiger partial charge in [0.2, 0.25) is 0 Å². The van der Waals surface area contributed by atoms with E-state index in [2.05, 4.69) is 9.97 Å². The summed E-state index contributed by atoms with van der Waals surface area (Å²) in [5.41, 5.74) is 3.40. The minimum absolute atomic E-state index is 0.0675. The lowest BCUT2D eigenvalue weighted by Crippen LogP contribution is -2.53. The molecule has 1 aliphatic heterocycles. The van der Waals surface area contributed by atoms with Gasteiger partial charge in [0.1, 0.15) is 5.75 Å². The van der Waals surface area contributed by atoms with Crippen molar-refractivity contribution in [2.24, 2.45) is 0 Å². The first-order valence-electron chi connectivity index (χ1n) is 11.7. The van der Waals surface area contributed by atoms with Crippen LogP contribution in [0.15, 0.2) is 77.5 Å². The first-order valence-corrected chi connectivity index (χ1v) is 11.7. The maximum absolute atomic E-state index is 13.1. The number of benzene rings is 2. The zero-order valence-corrected chi connectivity index (χ0v) is 19.5. The molecule has 1 fully saturated rings. The first kappa shape index (κ1) is 22.6. The molecule has 8 nitrogen and oxygen atoms in total. The third-order valence-electron chi connectivity index (χ3n) is 6.13. The zero-order valence-electron chi connectivity index (χ0n) is 19.5. The van der Waals surface area contributed by atoms with Gasteiger partial charge in [-0.05, 0) is 55.0 Å². The van der Waals surface area contributed by atoms with Gasteiger partial charge < -0.3 is 19.0 Å². The Morgan fingerprint density at radius 3 is 2.34 bits per heavy atom. The monoisotopic (exact) mass is 470 g/mol. The lowest BCUT2D eigenvalue weighted by atomic mass is 10.1. The highest BCUT2D eigenvalue weighted by Gasteiger charge is 2.30. The van der Waals surface area contributed by atoms with Crippen molar-refractivity contribution in [2.75, 3.05) is 26.2 Å². The van der Waals surface area contributed by atoms with Crippen LogP contribution < -0.4 is 4.74 Å². The van der Waals surface area contributed by atoms with E-state index < -0.39 is 6.10 Å². The third kappa shape index (κ3) is 4.87. The summed E-state index contributed by atoms with van der Waals surface area (Å²) in [7, 11) is 0. The van der Waals surface area contributed by atoms with Gasteiger partial charge in [0.05, 0.1) is 29.2 Å². The van der Waals surface area contributed by atoms with Gasteiger partial charge in [-0.3, -0.25) is 14.6 Å². The molecule has 35 heavy (non-hydrogen) atoms. The molecule has 4 aromatic rings. The number of furan rings is 1. The number of amides is 2. The Morgan fingerprint density at radius 2 is 1.66 bits per heavy atom. The number of fused-ring (bicyclic) bond motifs is 1. The van der Waals surface area contributed by atoms with Gasteiger partial charge in [-0.1, -0.05) is 19.1 Å². The van der Waals surface area contributed by atoms with Crippen LogP contribution >= 0.6 is 0 Å². The summed E-state index contributed by atoms with van der Waals surface area (Å²) in [6, 6.07) is 18.6. The van der Waals surface area contributed by atoms with E-state index in [4.69, 9.17) is 9.15 Å². The Hall–Kier alpha value is -4.20. The van der Waals surface area contributed by atoms with Gasteiger partial charge in [0.15, 0.2) is 11.9 Å². The van der Waals surface area contributed by atoms with Crippen molar-refractivity contribution in [3.63, 3.8) is 0 Å². The lowest BCUT2D eigenvalue weighted by molar-refractivity contribution is -0.140. The quantitative estimate of drug-likeness (QED) is 0.423. The van der Waals surface area contributed by atoms with Crippen molar-refractivity contribution in [1.82, 2.24) is 19.8 Å². The van der Waals surface area contributed by atoms with Crippen LogP contribution in [0.4, 0.5) is 0 Å². The molecular formula is C27H26N4O4. The summed E-state index contributed by atoms with van der Waals surface area (Å²) in [4.78, 5) is 38.2. The SMILES string of the molecule is CC[C@H](Oc1ccc(-c2cnc3ccccc3n2)cc1)C(=O)N1CCN(C(=O)c2ccco2)CC1. The highest BCUT2D eigenvalue weighted by molar-refractivity contribution is 5.91. The second kappa shape index (κ2) is 9.97. The fraction of sp³-hybridized carbons (Fsp3) is 0.259. The number of piperazine rings is 1. The molecule has 2 aromatic carbocycles. The molecule has 178 valence electrons. The Morgan fingerprint density at radius 1 is 0.943 bits per heavy atom. The largest absolute Gasteiger partial charge is 0.481 e. The number of ether oxygens (including phenoxy) is 1. The molecule has 8 heteroatoms. The summed E-state index contributed by atoms with van der Waals surface area (Å²) in [6.45, 7) is 3.78. The Kier molecular flexibility index (Phi) is 6.43. The van der Waals surface area contributed by atoms with E-state index >= 15 is 0 Å². The van der Waals surface area contributed by atoms with E-state index in [0.29, 0.717) is 44.1 Å². The average Bonchev–Trinajstić information content (AvgIpc) is 3.46. The average molecular weight is 471 g/mol. The van der Waals surface area contributed by atoms with Crippen LogP contribution in [0.1, 0.15) is 23.9 Å². The summed E-state index contributed by atoms with van der Waals surface area (Å²) < 4.78 is 11.3. The first-order chi connectivity index (χ1) is 17.1. The minimum atomic E-state index is -0.589. The Balaban J connectivity index is 1.20. The molecule has 0 bridgehead atoms. The Bertz CT molecular complexity index is 1310. The number of aromatic nitrogens is 2. The lowest BCUT2D eigenvalue weighted by Gasteiger charge is -2.35. The number of carbonyl (C=O) groups is 2. The van der Waals surface area contributed by atoms with Crippen molar-refractivity contribution < 1.29 is 18.7 Å². The van der Waals surface area contributed by atoms with E-state index in [1.54, 1.807) is 28.1 Å². The molecule has 0 unspecified atom stereocenters. The maximum Gasteiger partial charge on any atom is 0.289 e. The summed E-state index contributed by atoms with van der Waals surface area (Å²) in [5.74, 6) is 0.718. The van der Waals surface area contributed by atoms with Crippen molar-refractivity contribution in [1.29, 1.82) is 0 Å². The maximum atomic E-state index is 13.1. The number of rotatable bonds is 6. The van der Waals surface area contributed by atoms with E-state index in [-0.39, 0.29) is 11.8 Å². The van der Waals surface area contributed by atoms with Crippen molar-refractivity contribution in [2.45, 2.75) is 19.4 Å². The molecule has 2 amide bonds. The topological polar surface area (TPSA) is 88.8 Å². The second-order valence-electron chi connectivity index (χ2n) is 8.38. The van der Waals surface area contributed by atoms with Crippen molar-refractivity contribution in [3.05, 3.63) is 78.9 Å². The van der Waals surface area contributed by atoms with Gasteiger partial charge >= 0.3 is 0 Å². The number of hydrogen-bond acceptors (Lipinski definition) is 6. The highest BCUT2D eigenvalue weighted by Crippen LogP contribution is 2.23. The summed E-state index contributed by atoms with van der Waals surface area (Å²) in [5, 5.41) is 0. The van der Waals surface area contributed by atoms with Gasteiger partial charge in [0.25, 0.3) is 11.8 Å². The van der Waals surface area contributed by atoms with Gasteiger partial charge in [-0.2, -0.15) is 0 Å². The molecule has 5 rings (SSSR count). The molecule has 1 aliphatic rings. The molecule has 1 saturated heterocycles. The van der Waals surface area contributed by atoms with Crippen LogP contribution in [0, 0.1) is 0 Å². The molecule has 2 aromatic heterocycles. The van der Waals surface area contributed by atoms with Crippen LogP contribution in [0.5, 0.6) is 5.75 Å².